The summed E-state index contributed by atoms with van der Waals surface area (Å²) in [5.41, 5.74) is -2.29. The Bertz CT molecular complexity index is 495. The number of carboxylic acids is 2. The lowest BCUT2D eigenvalue weighted by Gasteiger charge is -2.28. The predicted molar refractivity (Wildman–Crippen MR) is 68.1 cm³/mol. The molecule has 0 aliphatic carbocycles. The standard InChI is InChI=1S/C13H17NO6/c1-3-9(2)20-12(19)13(11(17)18,8-10(15)16)14-6-4-5-7-14/h4-7,9H,3,8H2,1-2H3,(H,15,16)(H,17,18). The van der Waals surface area contributed by atoms with Gasteiger partial charge in [0.2, 0.25) is 5.54 Å². The summed E-state index contributed by atoms with van der Waals surface area (Å²) in [4.78, 5) is 34.8. The molecule has 0 radical (unpaired) electrons. The Morgan fingerprint density at radius 1 is 1.25 bits per heavy atom. The minimum Gasteiger partial charge on any atom is -0.481 e. The molecule has 1 aromatic rings. The Kier molecular flexibility index (Phi) is 4.90. The zero-order valence-corrected chi connectivity index (χ0v) is 11.3. The smallest absolute Gasteiger partial charge is 0.345 e. The molecule has 0 bridgehead atoms. The highest BCUT2D eigenvalue weighted by molar-refractivity contribution is 6.04. The van der Waals surface area contributed by atoms with Gasteiger partial charge in [0.15, 0.2) is 0 Å². The quantitative estimate of drug-likeness (QED) is 0.573. The zero-order valence-electron chi connectivity index (χ0n) is 11.3. The van der Waals surface area contributed by atoms with Crippen molar-refractivity contribution in [2.45, 2.75) is 38.3 Å². The van der Waals surface area contributed by atoms with Gasteiger partial charge in [-0.2, -0.15) is 0 Å². The minimum atomic E-state index is -2.29. The van der Waals surface area contributed by atoms with Gasteiger partial charge < -0.3 is 19.5 Å². The maximum absolute atomic E-state index is 12.2. The van der Waals surface area contributed by atoms with Gasteiger partial charge in [0.05, 0.1) is 12.5 Å². The topological polar surface area (TPSA) is 106 Å². The highest BCUT2D eigenvalue weighted by Gasteiger charge is 2.51. The van der Waals surface area contributed by atoms with Gasteiger partial charge in [-0.15, -0.1) is 0 Å². The molecule has 0 aliphatic heterocycles. The number of hydrogen-bond donors (Lipinski definition) is 2. The van der Waals surface area contributed by atoms with Crippen LogP contribution in [0, 0.1) is 0 Å². The summed E-state index contributed by atoms with van der Waals surface area (Å²) in [5, 5.41) is 18.4. The van der Waals surface area contributed by atoms with Crippen LogP contribution in [0.15, 0.2) is 24.5 Å². The van der Waals surface area contributed by atoms with E-state index in [0.29, 0.717) is 6.42 Å². The Morgan fingerprint density at radius 3 is 2.20 bits per heavy atom. The summed E-state index contributed by atoms with van der Waals surface area (Å²) in [6.07, 6.45) is 1.77. The number of rotatable bonds is 7. The van der Waals surface area contributed by atoms with Crippen LogP contribution in [0.1, 0.15) is 26.7 Å². The van der Waals surface area contributed by atoms with Crippen LogP contribution in [0.3, 0.4) is 0 Å². The van der Waals surface area contributed by atoms with Crippen LogP contribution in [0.2, 0.25) is 0 Å². The summed E-state index contributed by atoms with van der Waals surface area (Å²) in [5.74, 6) is -4.05. The van der Waals surface area contributed by atoms with E-state index in [4.69, 9.17) is 9.84 Å². The molecule has 1 aromatic heterocycles. The van der Waals surface area contributed by atoms with E-state index in [9.17, 15) is 19.5 Å². The maximum atomic E-state index is 12.2. The van der Waals surface area contributed by atoms with E-state index in [-0.39, 0.29) is 0 Å². The number of esters is 1. The fourth-order valence-corrected chi connectivity index (χ4v) is 1.71. The molecule has 0 saturated heterocycles. The first-order valence-electron chi connectivity index (χ1n) is 6.14. The van der Waals surface area contributed by atoms with E-state index >= 15 is 0 Å². The van der Waals surface area contributed by atoms with Gasteiger partial charge in [-0.25, -0.2) is 9.59 Å². The van der Waals surface area contributed by atoms with E-state index in [1.165, 1.54) is 24.5 Å². The molecule has 2 N–H and O–H groups in total. The first kappa shape index (κ1) is 15.7. The Hall–Kier alpha value is -2.31. The number of carbonyl (C=O) groups is 3. The van der Waals surface area contributed by atoms with Gasteiger partial charge in [0.25, 0.3) is 0 Å². The van der Waals surface area contributed by atoms with Crippen LogP contribution >= 0.6 is 0 Å². The van der Waals surface area contributed by atoms with Crippen LogP contribution in [0.5, 0.6) is 0 Å². The van der Waals surface area contributed by atoms with Crippen LogP contribution in [0.4, 0.5) is 0 Å². The first-order chi connectivity index (χ1) is 9.34. The molecule has 0 amide bonds. The summed E-state index contributed by atoms with van der Waals surface area (Å²) in [6.45, 7) is 3.38. The second kappa shape index (κ2) is 6.23. The molecule has 1 heterocycles. The van der Waals surface area contributed by atoms with Crippen molar-refractivity contribution in [1.82, 2.24) is 4.57 Å². The zero-order chi connectivity index (χ0) is 15.3. The van der Waals surface area contributed by atoms with Gasteiger partial charge in [-0.1, -0.05) is 6.92 Å². The van der Waals surface area contributed by atoms with Gasteiger partial charge in [-0.05, 0) is 25.5 Å². The first-order valence-corrected chi connectivity index (χ1v) is 6.14. The van der Waals surface area contributed by atoms with E-state index in [1.807, 2.05) is 0 Å². The number of aliphatic carboxylic acids is 2. The van der Waals surface area contributed by atoms with E-state index in [1.54, 1.807) is 13.8 Å². The highest BCUT2D eigenvalue weighted by atomic mass is 16.5. The Labute approximate surface area is 115 Å². The molecular weight excluding hydrogens is 266 g/mol. The second-order valence-electron chi connectivity index (χ2n) is 4.45. The van der Waals surface area contributed by atoms with Crippen LogP contribution in [0.25, 0.3) is 0 Å². The lowest BCUT2D eigenvalue weighted by atomic mass is 9.94. The van der Waals surface area contributed by atoms with E-state index < -0.39 is 36.0 Å². The molecule has 1 rings (SSSR count). The van der Waals surface area contributed by atoms with Crippen molar-refractivity contribution >= 4 is 17.9 Å². The molecule has 7 nitrogen and oxygen atoms in total. The van der Waals surface area contributed by atoms with Crippen LogP contribution in [-0.4, -0.2) is 38.8 Å². The van der Waals surface area contributed by atoms with Crippen LogP contribution < -0.4 is 0 Å². The normalized spacial score (nSPS) is 15.1. The number of aromatic nitrogens is 1. The molecule has 2 atom stereocenters. The molecule has 20 heavy (non-hydrogen) atoms. The highest BCUT2D eigenvalue weighted by Crippen LogP contribution is 2.25. The van der Waals surface area contributed by atoms with E-state index in [0.717, 1.165) is 4.57 Å². The average molecular weight is 283 g/mol. The molecule has 0 aliphatic rings. The molecule has 110 valence electrons. The Morgan fingerprint density at radius 2 is 1.80 bits per heavy atom. The monoisotopic (exact) mass is 283 g/mol. The SMILES string of the molecule is CCC(C)OC(=O)C(CC(=O)O)(C(=O)O)n1cccc1. The predicted octanol–water partition coefficient (Wildman–Crippen LogP) is 1.08. The summed E-state index contributed by atoms with van der Waals surface area (Å²) < 4.78 is 6.10. The fraction of sp³-hybridized carbons (Fsp3) is 0.462. The third-order valence-corrected chi connectivity index (χ3v) is 3.03. The lowest BCUT2D eigenvalue weighted by Crippen LogP contribution is -2.51. The number of carbonyl (C=O) groups excluding carboxylic acids is 1. The minimum absolute atomic E-state index is 0.495. The van der Waals surface area contributed by atoms with Gasteiger partial charge >= 0.3 is 17.9 Å². The van der Waals surface area contributed by atoms with Crippen molar-refractivity contribution in [3.8, 4) is 0 Å². The van der Waals surface area contributed by atoms with Crippen molar-refractivity contribution in [2.24, 2.45) is 0 Å². The average Bonchev–Trinajstić information content (AvgIpc) is 2.88. The van der Waals surface area contributed by atoms with Crippen LogP contribution in [-0.2, 0) is 24.7 Å². The van der Waals surface area contributed by atoms with Crippen molar-refractivity contribution in [3.63, 3.8) is 0 Å². The maximum Gasteiger partial charge on any atom is 0.345 e. The van der Waals surface area contributed by atoms with Crippen molar-refractivity contribution in [2.75, 3.05) is 0 Å². The van der Waals surface area contributed by atoms with Gasteiger partial charge in [0.1, 0.15) is 0 Å². The molecule has 0 spiro atoms. The second-order valence-corrected chi connectivity index (χ2v) is 4.45. The van der Waals surface area contributed by atoms with Crippen molar-refractivity contribution in [1.29, 1.82) is 0 Å². The summed E-state index contributed by atoms with van der Waals surface area (Å²) >= 11 is 0. The number of carboxylic acid groups (broad SMARTS) is 2. The Balaban J connectivity index is 3.27. The number of ether oxygens (including phenoxy) is 1. The van der Waals surface area contributed by atoms with Gasteiger partial charge in [0, 0.05) is 12.4 Å². The molecule has 7 heteroatoms. The summed E-state index contributed by atoms with van der Waals surface area (Å²) in [6, 6.07) is 3.02. The fourth-order valence-electron chi connectivity index (χ4n) is 1.71. The number of nitrogens with zero attached hydrogens (tertiary/aromatic N) is 1. The van der Waals surface area contributed by atoms with Crippen molar-refractivity contribution in [3.05, 3.63) is 24.5 Å². The molecule has 0 fully saturated rings. The van der Waals surface area contributed by atoms with Crippen molar-refractivity contribution < 1.29 is 29.3 Å². The van der Waals surface area contributed by atoms with Gasteiger partial charge in [-0.3, -0.25) is 4.79 Å². The van der Waals surface area contributed by atoms with E-state index in [2.05, 4.69) is 0 Å². The molecule has 2 unspecified atom stereocenters. The third kappa shape index (κ3) is 2.98. The molecule has 0 aromatic carbocycles. The number of hydrogen-bond acceptors (Lipinski definition) is 4. The lowest BCUT2D eigenvalue weighted by molar-refractivity contribution is -0.174. The molecular formula is C13H17NO6. The summed E-state index contributed by atoms with van der Waals surface area (Å²) in [7, 11) is 0. The molecule has 0 saturated carbocycles. The third-order valence-electron chi connectivity index (χ3n) is 3.03. The largest absolute Gasteiger partial charge is 0.481 e.